The number of nitrogens with zero attached hydrogens (tertiary/aromatic N) is 1. The van der Waals surface area contributed by atoms with Gasteiger partial charge in [0.1, 0.15) is 0 Å². The van der Waals surface area contributed by atoms with Crippen molar-refractivity contribution in [3.05, 3.63) is 36.0 Å². The van der Waals surface area contributed by atoms with E-state index in [1.807, 2.05) is 38.1 Å². The highest BCUT2D eigenvalue weighted by atomic mass is 16.2. The van der Waals surface area contributed by atoms with E-state index in [-0.39, 0.29) is 12.5 Å². The number of carbonyl (C=O) groups excluding carboxylic acids is 2. The first kappa shape index (κ1) is 15.8. The Kier molecular flexibility index (Phi) is 5.30. The normalized spacial score (nSPS) is 10.3. The van der Waals surface area contributed by atoms with Crippen LogP contribution in [0.3, 0.4) is 0 Å². The Hall–Kier alpha value is -2.63. The van der Waals surface area contributed by atoms with Crippen LogP contribution >= 0.6 is 0 Å². The van der Waals surface area contributed by atoms with Gasteiger partial charge >= 0.3 is 6.03 Å². The van der Waals surface area contributed by atoms with E-state index in [0.29, 0.717) is 12.2 Å². The molecular weight excluding hydrogens is 280 g/mol. The van der Waals surface area contributed by atoms with Gasteiger partial charge in [-0.1, -0.05) is 13.0 Å². The van der Waals surface area contributed by atoms with Crippen molar-refractivity contribution in [3.63, 3.8) is 0 Å². The smallest absolute Gasteiger partial charge is 0.319 e. The van der Waals surface area contributed by atoms with Gasteiger partial charge in [-0.25, -0.2) is 4.79 Å². The van der Waals surface area contributed by atoms with Crippen LogP contribution in [-0.4, -0.2) is 30.0 Å². The van der Waals surface area contributed by atoms with E-state index in [1.54, 1.807) is 6.20 Å². The molecule has 0 aliphatic rings. The van der Waals surface area contributed by atoms with Crippen LogP contribution in [0.1, 0.15) is 18.9 Å². The Morgan fingerprint density at radius 1 is 1.23 bits per heavy atom. The van der Waals surface area contributed by atoms with E-state index in [0.717, 1.165) is 22.9 Å². The highest BCUT2D eigenvalue weighted by molar-refractivity contribution is 6.00. The molecule has 2 rings (SSSR count). The number of hydrogen-bond donors (Lipinski definition) is 3. The molecule has 3 N–H and O–H groups in total. The third kappa shape index (κ3) is 4.18. The summed E-state index contributed by atoms with van der Waals surface area (Å²) in [5.74, 6) is -0.204. The Balaban J connectivity index is 2.01. The highest BCUT2D eigenvalue weighted by Crippen LogP contribution is 2.23. The van der Waals surface area contributed by atoms with Crippen molar-refractivity contribution in [1.29, 1.82) is 0 Å². The maximum Gasteiger partial charge on any atom is 0.319 e. The molecule has 0 aliphatic carbocycles. The fourth-order valence-corrected chi connectivity index (χ4v) is 2.09. The zero-order valence-electron chi connectivity index (χ0n) is 12.8. The van der Waals surface area contributed by atoms with Crippen LogP contribution in [0.4, 0.5) is 10.5 Å². The maximum absolute atomic E-state index is 11.9. The summed E-state index contributed by atoms with van der Waals surface area (Å²) in [4.78, 5) is 27.7. The minimum Gasteiger partial charge on any atom is -0.355 e. The second-order valence-electron chi connectivity index (χ2n) is 5.05. The standard InChI is InChI=1S/C16H20N4O2/c1-3-6-17-14(21)10-19-16(22)20-13-9-11(2)8-12-5-4-7-18-15(12)13/h4-5,7-9H,3,6,10H2,1-2H3,(H,17,21)(H2,19,20,22). The monoisotopic (exact) mass is 300 g/mol. The lowest BCUT2D eigenvalue weighted by molar-refractivity contribution is -0.120. The zero-order chi connectivity index (χ0) is 15.9. The number of benzene rings is 1. The van der Waals surface area contributed by atoms with E-state index < -0.39 is 6.03 Å². The first-order chi connectivity index (χ1) is 10.6. The van der Waals surface area contributed by atoms with Gasteiger partial charge in [0.2, 0.25) is 5.91 Å². The SMILES string of the molecule is CCCNC(=O)CNC(=O)Nc1cc(C)cc2cccnc12. The van der Waals surface area contributed by atoms with Gasteiger partial charge in [-0.15, -0.1) is 0 Å². The number of pyridine rings is 1. The lowest BCUT2D eigenvalue weighted by Gasteiger charge is -2.10. The maximum atomic E-state index is 11.9. The summed E-state index contributed by atoms with van der Waals surface area (Å²) in [6.45, 7) is 4.47. The minimum atomic E-state index is -0.427. The van der Waals surface area contributed by atoms with Crippen LogP contribution in [-0.2, 0) is 4.79 Å². The number of hydrogen-bond acceptors (Lipinski definition) is 3. The molecule has 0 aliphatic heterocycles. The van der Waals surface area contributed by atoms with Crippen molar-refractivity contribution in [2.45, 2.75) is 20.3 Å². The van der Waals surface area contributed by atoms with Crippen LogP contribution in [0.5, 0.6) is 0 Å². The van der Waals surface area contributed by atoms with Crippen molar-refractivity contribution in [2.24, 2.45) is 0 Å². The van der Waals surface area contributed by atoms with E-state index in [2.05, 4.69) is 20.9 Å². The van der Waals surface area contributed by atoms with E-state index >= 15 is 0 Å². The topological polar surface area (TPSA) is 83.1 Å². The highest BCUT2D eigenvalue weighted by Gasteiger charge is 2.09. The predicted octanol–water partition coefficient (Wildman–Crippen LogP) is 2.19. The molecule has 0 saturated heterocycles. The molecule has 6 heteroatoms. The molecule has 116 valence electrons. The summed E-state index contributed by atoms with van der Waals surface area (Å²) in [5.41, 5.74) is 2.37. The number of nitrogens with one attached hydrogen (secondary N) is 3. The summed E-state index contributed by atoms with van der Waals surface area (Å²) >= 11 is 0. The Morgan fingerprint density at radius 2 is 2.05 bits per heavy atom. The Bertz CT molecular complexity index is 685. The van der Waals surface area contributed by atoms with E-state index in [4.69, 9.17) is 0 Å². The fraction of sp³-hybridized carbons (Fsp3) is 0.312. The van der Waals surface area contributed by atoms with E-state index in [9.17, 15) is 9.59 Å². The number of urea groups is 1. The van der Waals surface area contributed by atoms with E-state index in [1.165, 1.54) is 0 Å². The van der Waals surface area contributed by atoms with Gasteiger partial charge in [0.05, 0.1) is 17.7 Å². The summed E-state index contributed by atoms with van der Waals surface area (Å²) in [5, 5.41) is 8.93. The van der Waals surface area contributed by atoms with Crippen LogP contribution in [0.15, 0.2) is 30.5 Å². The molecule has 1 aromatic carbocycles. The van der Waals surface area contributed by atoms with Crippen LogP contribution < -0.4 is 16.0 Å². The van der Waals surface area contributed by atoms with Gasteiger partial charge < -0.3 is 16.0 Å². The largest absolute Gasteiger partial charge is 0.355 e. The van der Waals surface area contributed by atoms with Gasteiger partial charge in [-0.05, 0) is 37.1 Å². The summed E-state index contributed by atoms with van der Waals surface area (Å²) in [6.07, 6.45) is 2.54. The minimum absolute atomic E-state index is 0.0526. The number of anilines is 1. The molecule has 0 unspecified atom stereocenters. The van der Waals surface area contributed by atoms with Crippen molar-refractivity contribution in [3.8, 4) is 0 Å². The molecule has 0 fully saturated rings. The summed E-state index contributed by atoms with van der Waals surface area (Å²) < 4.78 is 0. The number of aryl methyl sites for hydroxylation is 1. The number of rotatable bonds is 5. The lowest BCUT2D eigenvalue weighted by Crippen LogP contribution is -2.39. The molecule has 6 nitrogen and oxygen atoms in total. The van der Waals surface area contributed by atoms with Crippen LogP contribution in [0, 0.1) is 6.92 Å². The zero-order valence-corrected chi connectivity index (χ0v) is 12.8. The number of aromatic nitrogens is 1. The number of carbonyl (C=O) groups is 2. The number of fused-ring (bicyclic) bond motifs is 1. The molecule has 3 amide bonds. The first-order valence-electron chi connectivity index (χ1n) is 7.27. The second kappa shape index (κ2) is 7.40. The van der Waals surface area contributed by atoms with Crippen molar-refractivity contribution >= 4 is 28.5 Å². The lowest BCUT2D eigenvalue weighted by atomic mass is 10.1. The predicted molar refractivity (Wildman–Crippen MR) is 86.8 cm³/mol. The third-order valence-corrected chi connectivity index (χ3v) is 3.08. The molecule has 2 aromatic rings. The van der Waals surface area contributed by atoms with Gasteiger partial charge in [0.25, 0.3) is 0 Å². The molecule has 0 atom stereocenters. The molecule has 0 saturated carbocycles. The molecule has 0 radical (unpaired) electrons. The van der Waals surface area contributed by atoms with Gasteiger partial charge in [0.15, 0.2) is 0 Å². The number of amides is 3. The fourth-order valence-electron chi connectivity index (χ4n) is 2.09. The van der Waals surface area contributed by atoms with Gasteiger partial charge in [-0.3, -0.25) is 9.78 Å². The molecular formula is C16H20N4O2. The molecule has 1 aromatic heterocycles. The first-order valence-corrected chi connectivity index (χ1v) is 7.27. The summed E-state index contributed by atoms with van der Waals surface area (Å²) in [6, 6.07) is 7.22. The van der Waals surface area contributed by atoms with Gasteiger partial charge in [-0.2, -0.15) is 0 Å². The molecule has 0 spiro atoms. The average molecular weight is 300 g/mol. The average Bonchev–Trinajstić information content (AvgIpc) is 2.50. The van der Waals surface area contributed by atoms with Crippen molar-refractivity contribution in [1.82, 2.24) is 15.6 Å². The van der Waals surface area contributed by atoms with Crippen LogP contribution in [0.25, 0.3) is 10.9 Å². The second-order valence-corrected chi connectivity index (χ2v) is 5.05. The Labute approximate surface area is 129 Å². The molecule has 22 heavy (non-hydrogen) atoms. The quantitative estimate of drug-likeness (QED) is 0.791. The van der Waals surface area contributed by atoms with Crippen molar-refractivity contribution < 1.29 is 9.59 Å². The summed E-state index contributed by atoms with van der Waals surface area (Å²) in [7, 11) is 0. The molecule has 1 heterocycles. The van der Waals surface area contributed by atoms with Crippen LogP contribution in [0.2, 0.25) is 0 Å². The third-order valence-electron chi connectivity index (χ3n) is 3.08. The molecule has 0 bridgehead atoms. The van der Waals surface area contributed by atoms with Crippen molar-refractivity contribution in [2.75, 3.05) is 18.4 Å². The Morgan fingerprint density at radius 3 is 2.82 bits per heavy atom. The van der Waals surface area contributed by atoms with Gasteiger partial charge in [0, 0.05) is 18.1 Å².